The summed E-state index contributed by atoms with van der Waals surface area (Å²) in [7, 11) is 0. The second kappa shape index (κ2) is 3.15. The van der Waals surface area contributed by atoms with Gasteiger partial charge in [0.15, 0.2) is 0 Å². The molecule has 0 aromatic heterocycles. The summed E-state index contributed by atoms with van der Waals surface area (Å²) in [6.07, 6.45) is 0. The van der Waals surface area contributed by atoms with Gasteiger partial charge in [0.25, 0.3) is 5.91 Å². The van der Waals surface area contributed by atoms with Gasteiger partial charge in [-0.25, -0.2) is 0 Å². The highest BCUT2D eigenvalue weighted by atomic mass is 16.2. The number of amides is 1. The molecule has 1 atom stereocenters. The van der Waals surface area contributed by atoms with Crippen molar-refractivity contribution in [3.8, 4) is 6.07 Å². The molecule has 0 N–H and O–H groups in total. The van der Waals surface area contributed by atoms with Crippen molar-refractivity contribution in [1.29, 1.82) is 5.26 Å². The molecular weight excluding hydrogens is 176 g/mol. The lowest BCUT2D eigenvalue weighted by Crippen LogP contribution is -2.26. The van der Waals surface area contributed by atoms with Crippen LogP contribution in [0.25, 0.3) is 0 Å². The third kappa shape index (κ3) is 1.01. The minimum absolute atomic E-state index is 0.0327. The Morgan fingerprint density at radius 1 is 1.50 bits per heavy atom. The molecule has 3 nitrogen and oxygen atoms in total. The molecule has 1 unspecified atom stereocenters. The molecule has 0 radical (unpaired) electrons. The number of nitriles is 1. The molecule has 1 aromatic carbocycles. The molecule has 1 aliphatic rings. The van der Waals surface area contributed by atoms with E-state index in [1.165, 1.54) is 0 Å². The molecule has 1 heterocycles. The summed E-state index contributed by atoms with van der Waals surface area (Å²) >= 11 is 0. The molecule has 70 valence electrons. The molecule has 1 aliphatic heterocycles. The van der Waals surface area contributed by atoms with Crippen molar-refractivity contribution in [1.82, 2.24) is 4.90 Å². The Balaban J connectivity index is 2.55. The van der Waals surface area contributed by atoms with Gasteiger partial charge in [0.2, 0.25) is 0 Å². The Bertz CT molecular complexity index is 420. The minimum atomic E-state index is -0.399. The van der Waals surface area contributed by atoms with Crippen LogP contribution >= 0.6 is 0 Å². The van der Waals surface area contributed by atoms with E-state index in [9.17, 15) is 4.79 Å². The first-order valence-corrected chi connectivity index (χ1v) is 4.59. The summed E-state index contributed by atoms with van der Waals surface area (Å²) in [5.41, 5.74) is 1.50. The molecule has 3 heteroatoms. The monoisotopic (exact) mass is 186 g/mol. The van der Waals surface area contributed by atoms with Crippen LogP contribution in [0, 0.1) is 11.3 Å². The first kappa shape index (κ1) is 8.76. The number of fused-ring (bicyclic) bond motifs is 1. The first-order chi connectivity index (χ1) is 6.79. The third-order valence-corrected chi connectivity index (χ3v) is 2.52. The Morgan fingerprint density at radius 2 is 2.21 bits per heavy atom. The molecular formula is C11H10N2O. The van der Waals surface area contributed by atoms with Crippen molar-refractivity contribution in [3.63, 3.8) is 0 Å². The van der Waals surface area contributed by atoms with E-state index < -0.39 is 6.04 Å². The topological polar surface area (TPSA) is 44.1 Å². The van der Waals surface area contributed by atoms with Gasteiger partial charge < -0.3 is 4.90 Å². The SMILES string of the molecule is CCN1C(=O)c2ccccc2C1C#N. The fraction of sp³-hybridized carbons (Fsp3) is 0.273. The first-order valence-electron chi connectivity index (χ1n) is 4.59. The van der Waals surface area contributed by atoms with Crippen LogP contribution in [0.2, 0.25) is 0 Å². The van der Waals surface area contributed by atoms with Crippen LogP contribution in [-0.2, 0) is 0 Å². The Morgan fingerprint density at radius 3 is 2.86 bits per heavy atom. The summed E-state index contributed by atoms with van der Waals surface area (Å²) in [5.74, 6) is -0.0327. The van der Waals surface area contributed by atoms with E-state index in [2.05, 4.69) is 6.07 Å². The highest BCUT2D eigenvalue weighted by Gasteiger charge is 2.34. The molecule has 0 saturated heterocycles. The van der Waals surface area contributed by atoms with Crippen molar-refractivity contribution >= 4 is 5.91 Å². The highest BCUT2D eigenvalue weighted by molar-refractivity contribution is 5.99. The fourth-order valence-electron chi connectivity index (χ4n) is 1.84. The van der Waals surface area contributed by atoms with Gasteiger partial charge in [-0.15, -0.1) is 0 Å². The van der Waals surface area contributed by atoms with Gasteiger partial charge in [0.1, 0.15) is 6.04 Å². The van der Waals surface area contributed by atoms with E-state index in [4.69, 9.17) is 5.26 Å². The zero-order valence-corrected chi connectivity index (χ0v) is 7.90. The maximum absolute atomic E-state index is 11.8. The van der Waals surface area contributed by atoms with E-state index in [0.29, 0.717) is 12.1 Å². The van der Waals surface area contributed by atoms with Gasteiger partial charge >= 0.3 is 0 Å². The Kier molecular flexibility index (Phi) is 1.97. The van der Waals surface area contributed by atoms with E-state index in [1.54, 1.807) is 11.0 Å². The van der Waals surface area contributed by atoms with Crippen molar-refractivity contribution in [2.75, 3.05) is 6.54 Å². The highest BCUT2D eigenvalue weighted by Crippen LogP contribution is 2.32. The lowest BCUT2D eigenvalue weighted by Gasteiger charge is -2.16. The number of nitrogens with zero attached hydrogens (tertiary/aromatic N) is 2. The summed E-state index contributed by atoms with van der Waals surface area (Å²) < 4.78 is 0. The van der Waals surface area contributed by atoms with Crippen LogP contribution in [0.15, 0.2) is 24.3 Å². The molecule has 2 rings (SSSR count). The number of benzene rings is 1. The normalized spacial score (nSPS) is 19.3. The molecule has 0 spiro atoms. The molecule has 0 aliphatic carbocycles. The quantitative estimate of drug-likeness (QED) is 0.670. The van der Waals surface area contributed by atoms with Crippen LogP contribution < -0.4 is 0 Å². The number of hydrogen-bond donors (Lipinski definition) is 0. The van der Waals surface area contributed by atoms with E-state index in [1.807, 2.05) is 25.1 Å². The van der Waals surface area contributed by atoms with Crippen LogP contribution in [-0.4, -0.2) is 17.4 Å². The van der Waals surface area contributed by atoms with Crippen molar-refractivity contribution < 1.29 is 4.79 Å². The van der Waals surface area contributed by atoms with Crippen LogP contribution in [0.3, 0.4) is 0 Å². The summed E-state index contributed by atoms with van der Waals surface area (Å²) in [6.45, 7) is 2.46. The second-order valence-corrected chi connectivity index (χ2v) is 3.21. The van der Waals surface area contributed by atoms with Crippen LogP contribution in [0.1, 0.15) is 28.9 Å². The standard InChI is InChI=1S/C11H10N2O/c1-2-13-10(7-12)8-5-3-4-6-9(8)11(13)14/h3-6,10H,2H2,1H3. The largest absolute Gasteiger partial charge is 0.319 e. The molecule has 1 amide bonds. The van der Waals surface area contributed by atoms with Crippen molar-refractivity contribution in [2.45, 2.75) is 13.0 Å². The van der Waals surface area contributed by atoms with Crippen LogP contribution in [0.4, 0.5) is 0 Å². The predicted molar refractivity (Wildman–Crippen MR) is 51.5 cm³/mol. The zero-order valence-electron chi connectivity index (χ0n) is 7.90. The van der Waals surface area contributed by atoms with Gasteiger partial charge in [0, 0.05) is 17.7 Å². The summed E-state index contributed by atoms with van der Waals surface area (Å²) in [5, 5.41) is 8.99. The Labute approximate surface area is 82.6 Å². The van der Waals surface area contributed by atoms with Crippen molar-refractivity contribution in [3.05, 3.63) is 35.4 Å². The van der Waals surface area contributed by atoms with E-state index in [0.717, 1.165) is 5.56 Å². The lowest BCUT2D eigenvalue weighted by molar-refractivity contribution is 0.0767. The smallest absolute Gasteiger partial charge is 0.255 e. The van der Waals surface area contributed by atoms with Crippen LogP contribution in [0.5, 0.6) is 0 Å². The third-order valence-electron chi connectivity index (χ3n) is 2.52. The fourth-order valence-corrected chi connectivity index (χ4v) is 1.84. The van der Waals surface area contributed by atoms with Crippen molar-refractivity contribution in [2.24, 2.45) is 0 Å². The Hall–Kier alpha value is -1.82. The maximum atomic E-state index is 11.8. The van der Waals surface area contributed by atoms with Gasteiger partial charge in [-0.3, -0.25) is 4.79 Å². The van der Waals surface area contributed by atoms with Gasteiger partial charge in [-0.05, 0) is 13.0 Å². The number of rotatable bonds is 1. The average Bonchev–Trinajstić information content (AvgIpc) is 2.51. The van der Waals surface area contributed by atoms with E-state index in [-0.39, 0.29) is 5.91 Å². The minimum Gasteiger partial charge on any atom is -0.319 e. The summed E-state index contributed by atoms with van der Waals surface area (Å²) in [6, 6.07) is 9.06. The lowest BCUT2D eigenvalue weighted by atomic mass is 10.1. The zero-order chi connectivity index (χ0) is 10.1. The molecule has 1 aromatic rings. The number of hydrogen-bond acceptors (Lipinski definition) is 2. The number of carbonyl (C=O) groups is 1. The molecule has 0 fully saturated rings. The molecule has 0 bridgehead atoms. The molecule has 0 saturated carbocycles. The van der Waals surface area contributed by atoms with Gasteiger partial charge in [0.05, 0.1) is 6.07 Å². The number of carbonyl (C=O) groups excluding carboxylic acids is 1. The second-order valence-electron chi connectivity index (χ2n) is 3.21. The maximum Gasteiger partial charge on any atom is 0.255 e. The summed E-state index contributed by atoms with van der Waals surface area (Å²) in [4.78, 5) is 13.4. The predicted octanol–water partition coefficient (Wildman–Crippen LogP) is 1.73. The van der Waals surface area contributed by atoms with Gasteiger partial charge in [-0.2, -0.15) is 5.26 Å². The van der Waals surface area contributed by atoms with Gasteiger partial charge in [-0.1, -0.05) is 18.2 Å². The average molecular weight is 186 g/mol. The molecule has 14 heavy (non-hydrogen) atoms. The van der Waals surface area contributed by atoms with E-state index >= 15 is 0 Å².